The molecule has 7 rings (SSSR count). The number of hydrazine groups is 1. The minimum atomic E-state index is -1.78. The van der Waals surface area contributed by atoms with Gasteiger partial charge in [0.05, 0.1) is 42.8 Å². The van der Waals surface area contributed by atoms with E-state index >= 15 is 0 Å². The highest BCUT2D eigenvalue weighted by atomic mass is 32.2. The number of carbonyl (C=O) groups is 13. The number of cyclic esters (lactones) is 2. The van der Waals surface area contributed by atoms with E-state index in [0.29, 0.717) is 59.4 Å². The molecule has 32 heteroatoms. The number of benzene rings is 1. The molecule has 2 bridgehead atoms. The second-order valence-corrected chi connectivity index (χ2v) is 21.8. The molecule has 13 N–H and O–H groups in total. The van der Waals surface area contributed by atoms with Crippen molar-refractivity contribution in [1.29, 1.82) is 0 Å². The number of carbonyl (C=O) groups excluding carboxylic acids is 13. The van der Waals surface area contributed by atoms with Crippen LogP contribution in [-0.2, 0) is 73.5 Å². The molecule has 3 fully saturated rings. The third-order valence-corrected chi connectivity index (χ3v) is 15.9. The zero-order valence-electron chi connectivity index (χ0n) is 45.8. The van der Waals surface area contributed by atoms with E-state index in [4.69, 9.17) is 30.6 Å². The molecule has 2 aromatic rings. The van der Waals surface area contributed by atoms with Crippen molar-refractivity contribution in [2.45, 2.75) is 138 Å². The highest BCUT2D eigenvalue weighted by Gasteiger charge is 2.46. The number of nitrogens with two attached hydrogens (primary N) is 2. The van der Waals surface area contributed by atoms with Gasteiger partial charge in [-0.1, -0.05) is 33.6 Å². The molecule has 0 radical (unpaired) electrons. The van der Waals surface area contributed by atoms with Crippen molar-refractivity contribution in [2.75, 3.05) is 45.1 Å². The van der Waals surface area contributed by atoms with E-state index in [0.717, 1.165) is 21.7 Å². The first kappa shape index (κ1) is 62.3. The van der Waals surface area contributed by atoms with Gasteiger partial charge in [0.15, 0.2) is 0 Å². The number of hydrogen-bond acceptors (Lipinski definition) is 20. The van der Waals surface area contributed by atoms with Gasteiger partial charge in [-0.15, -0.1) is 16.8 Å². The molecule has 0 saturated carbocycles. The zero-order chi connectivity index (χ0) is 60.2. The van der Waals surface area contributed by atoms with E-state index in [2.05, 4.69) is 42.2 Å². The number of H-pyrrole nitrogens is 1. The minimum absolute atomic E-state index is 0.0651. The molecule has 1 aromatic heterocycles. The topological polar surface area (TPSA) is 441 Å². The number of thioether (sulfide) groups is 1. The zero-order valence-corrected chi connectivity index (χ0v) is 46.6. The Hall–Kier alpha value is -8.26. The summed E-state index contributed by atoms with van der Waals surface area (Å²) in [6, 6.07) is -4.40. The number of amides is 12. The second kappa shape index (κ2) is 28.1. The van der Waals surface area contributed by atoms with Gasteiger partial charge in [0.1, 0.15) is 54.7 Å². The van der Waals surface area contributed by atoms with Gasteiger partial charge in [-0.2, -0.15) is 0 Å². The van der Waals surface area contributed by atoms with Crippen LogP contribution in [0.1, 0.15) is 84.1 Å². The van der Waals surface area contributed by atoms with Crippen molar-refractivity contribution in [1.82, 2.24) is 57.2 Å². The molecule has 10 atom stereocenters. The van der Waals surface area contributed by atoms with Crippen LogP contribution < -0.4 is 53.5 Å². The van der Waals surface area contributed by atoms with E-state index < -0.39 is 164 Å². The van der Waals surface area contributed by atoms with Crippen LogP contribution in [0, 0.1) is 11.8 Å². The van der Waals surface area contributed by atoms with Crippen molar-refractivity contribution < 1.29 is 86.5 Å². The Labute approximate surface area is 478 Å². The smallest absolute Gasteiger partial charge is 0.494 e. The number of ether oxygens (including phenoxy) is 3. The molecule has 0 spiro atoms. The van der Waals surface area contributed by atoms with Crippen LogP contribution in [0.2, 0.25) is 0 Å². The molecular weight excluding hydrogens is 1110 g/mol. The number of rotatable bonds is 15. The van der Waals surface area contributed by atoms with E-state index in [1.807, 2.05) is 0 Å². The van der Waals surface area contributed by atoms with Crippen molar-refractivity contribution in [3.05, 3.63) is 23.8 Å². The molecule has 3 unspecified atom stereocenters. The lowest BCUT2D eigenvalue weighted by molar-refractivity contribution is -0.173. The first-order valence-corrected chi connectivity index (χ1v) is 28.2. The van der Waals surface area contributed by atoms with Crippen molar-refractivity contribution >= 4 is 99.9 Å². The summed E-state index contributed by atoms with van der Waals surface area (Å²) in [5, 5.41) is 30.8. The number of aliphatic hydroxyl groups is 1. The molecule has 0 aliphatic carbocycles. The summed E-state index contributed by atoms with van der Waals surface area (Å²) < 4.78 is 16.4. The van der Waals surface area contributed by atoms with Crippen LogP contribution in [0.15, 0.2) is 23.2 Å². The Morgan fingerprint density at radius 3 is 2.22 bits per heavy atom. The van der Waals surface area contributed by atoms with Gasteiger partial charge in [-0.25, -0.2) is 20.4 Å². The fourth-order valence-electron chi connectivity index (χ4n) is 9.88. The summed E-state index contributed by atoms with van der Waals surface area (Å²) in [4.78, 5) is 184. The van der Waals surface area contributed by atoms with Crippen LogP contribution in [0.25, 0.3) is 10.9 Å². The van der Waals surface area contributed by atoms with Gasteiger partial charge in [-0.05, 0) is 42.9 Å². The SMILES string of the molecule is CC[C@H](C)[C@@H]1NC(=O)CNC(=O)C2Cc3c([nH]c4cc(OCCCCCCN(N)C(=O)ON5C(=O)CCC5=O)ccc34)SCC(NC(=O)CNC1=O)C(=O)N[C@@H](CC(N)=O)C(=O)N1CC(O)C[C@H]1C(=O)N[C@@H]([C@@H](C)[C@@H]1COC(=O)O1)C(=O)N2. The second-order valence-electron chi connectivity index (χ2n) is 20.8. The summed E-state index contributed by atoms with van der Waals surface area (Å²) in [5.41, 5.74) is 6.38. The van der Waals surface area contributed by atoms with Crippen LogP contribution in [0.5, 0.6) is 5.75 Å². The standard InChI is InChI=1S/C51H69N13O18S/c1-4-24(2)41-46(74)55-19-37(67)56-33-23-83-48-29(28-10-9-27(16-30(28)59-48)79-14-8-6-5-7-13-63(53)50(77)82-64-39(69)11-12-40(64)70)17-31(43(71)54-20-38(68)60-41)57-47(75)42(25(3)35-22-80-51(78)81-35)61-45(73)34-15-26(65)21-62(34)49(76)32(18-36(52)66)58-44(33)72/h9-10,16,24-26,31-35,41-42,59,65H,4-8,11-15,17-23,53H2,1-3H3,(H2,52,66)(H,54,71)(H,55,74)(H,56,67)(H,57,75)(H,58,72)(H,60,68)(H,61,73)/t24-,25-,26?,31?,32-,33?,34-,35-,41-,42-/m0/s1. The van der Waals surface area contributed by atoms with E-state index in [9.17, 15) is 67.4 Å². The van der Waals surface area contributed by atoms with Crippen molar-refractivity contribution in [3.8, 4) is 5.75 Å². The van der Waals surface area contributed by atoms with Gasteiger partial charge in [-0.3, -0.25) is 52.7 Å². The molecule has 5 aliphatic heterocycles. The Bertz CT molecular complexity index is 2860. The highest BCUT2D eigenvalue weighted by Crippen LogP contribution is 2.34. The number of nitrogens with zero attached hydrogens (tertiary/aromatic N) is 3. The fourth-order valence-corrected chi connectivity index (χ4v) is 11.0. The van der Waals surface area contributed by atoms with Gasteiger partial charge in [0.2, 0.25) is 53.2 Å². The van der Waals surface area contributed by atoms with Gasteiger partial charge < -0.3 is 77.0 Å². The fraction of sp³-hybridized carbons (Fsp3) is 0.588. The molecule has 31 nitrogen and oxygen atoms in total. The molecule has 12 amide bonds. The summed E-state index contributed by atoms with van der Waals surface area (Å²) in [5.74, 6) is -5.57. The van der Waals surface area contributed by atoms with Crippen LogP contribution in [-0.4, -0.2) is 196 Å². The Morgan fingerprint density at radius 1 is 0.831 bits per heavy atom. The number of fused-ring (bicyclic) bond motifs is 5. The van der Waals surface area contributed by atoms with Crippen molar-refractivity contribution in [3.63, 3.8) is 0 Å². The maximum absolute atomic E-state index is 14.9. The van der Waals surface area contributed by atoms with E-state index in [1.165, 1.54) is 6.92 Å². The van der Waals surface area contributed by atoms with Gasteiger partial charge in [0, 0.05) is 61.9 Å². The predicted molar refractivity (Wildman–Crippen MR) is 286 cm³/mol. The highest BCUT2D eigenvalue weighted by molar-refractivity contribution is 7.99. The number of aromatic amines is 1. The number of aromatic nitrogens is 1. The average Bonchev–Trinajstić information content (AvgIpc) is 3.49. The number of aliphatic hydroxyl groups excluding tert-OH is 1. The molecule has 452 valence electrons. The summed E-state index contributed by atoms with van der Waals surface area (Å²) in [7, 11) is 0. The number of hydrogen-bond donors (Lipinski definition) is 11. The predicted octanol–water partition coefficient (Wildman–Crippen LogP) is -3.14. The Balaban J connectivity index is 1.23. The number of hydroxylamine groups is 2. The van der Waals surface area contributed by atoms with E-state index in [1.54, 1.807) is 32.0 Å². The summed E-state index contributed by atoms with van der Waals surface area (Å²) >= 11 is 0.966. The lowest BCUT2D eigenvalue weighted by atomic mass is 9.93. The largest absolute Gasteiger partial charge is 0.508 e. The summed E-state index contributed by atoms with van der Waals surface area (Å²) in [6.07, 6.45) is -3.63. The molecule has 83 heavy (non-hydrogen) atoms. The molecular formula is C51H69N13O18S. The van der Waals surface area contributed by atoms with Crippen LogP contribution in [0.3, 0.4) is 0 Å². The van der Waals surface area contributed by atoms with Crippen molar-refractivity contribution in [2.24, 2.45) is 23.4 Å². The van der Waals surface area contributed by atoms with Crippen LogP contribution in [0.4, 0.5) is 9.59 Å². The van der Waals surface area contributed by atoms with E-state index in [-0.39, 0.29) is 56.2 Å². The monoisotopic (exact) mass is 1180 g/mol. The normalized spacial score (nSPS) is 26.0. The number of imide groups is 1. The van der Waals surface area contributed by atoms with Gasteiger partial charge in [0.25, 0.3) is 11.8 Å². The Morgan fingerprint density at radius 2 is 1.53 bits per heavy atom. The maximum Gasteiger partial charge on any atom is 0.508 e. The lowest BCUT2D eigenvalue weighted by Gasteiger charge is -2.32. The van der Waals surface area contributed by atoms with Crippen LogP contribution >= 0.6 is 11.8 Å². The molecule has 6 heterocycles. The maximum atomic E-state index is 14.9. The third kappa shape index (κ3) is 16.1. The first-order valence-electron chi connectivity index (χ1n) is 27.2. The minimum Gasteiger partial charge on any atom is -0.494 e. The van der Waals surface area contributed by atoms with Gasteiger partial charge >= 0.3 is 12.2 Å². The first-order chi connectivity index (χ1) is 39.5. The number of nitrogens with one attached hydrogen (secondary N) is 8. The lowest BCUT2D eigenvalue weighted by Crippen LogP contribution is -2.62. The number of primary amides is 1. The molecule has 1 aromatic carbocycles. The quantitative estimate of drug-likeness (QED) is 0.0210. The summed E-state index contributed by atoms with van der Waals surface area (Å²) in [6.45, 7) is 2.95. The molecule has 5 aliphatic rings. The Kier molecular flexibility index (Phi) is 21.1. The third-order valence-electron chi connectivity index (χ3n) is 14.7. The average molecular weight is 1180 g/mol. The number of unbranched alkanes of at least 4 members (excludes halogenated alkanes) is 3. The molecule has 3 saturated heterocycles.